The molecule has 1 aromatic rings. The number of aromatic nitrogens is 2. The SMILES string of the molecule is CNC(=O)N1N=C(C(F)(F)F)\C(=C/C=C/C=C/c2c(C(F)(F)F)[nH]n(C(=O)NC)c2=O)C1=O. The van der Waals surface area contributed by atoms with Crippen LogP contribution in [0.1, 0.15) is 11.3 Å². The number of carbonyl (C=O) groups is 3. The number of urea groups is 1. The van der Waals surface area contributed by atoms with Crippen molar-refractivity contribution in [2.45, 2.75) is 12.4 Å². The van der Waals surface area contributed by atoms with Crippen LogP contribution >= 0.6 is 0 Å². The van der Waals surface area contributed by atoms with E-state index in [1.54, 1.807) is 5.10 Å². The van der Waals surface area contributed by atoms with Crippen molar-refractivity contribution in [1.29, 1.82) is 0 Å². The average Bonchev–Trinajstić information content (AvgIpc) is 3.24. The molecule has 4 amide bonds. The van der Waals surface area contributed by atoms with Gasteiger partial charge in [0.2, 0.25) is 0 Å². The summed E-state index contributed by atoms with van der Waals surface area (Å²) in [5, 5.41) is 8.45. The van der Waals surface area contributed by atoms with E-state index in [9.17, 15) is 45.5 Å². The van der Waals surface area contributed by atoms with Crippen LogP contribution in [0.2, 0.25) is 0 Å². The monoisotopic (exact) mass is 480 g/mol. The van der Waals surface area contributed by atoms with Crippen molar-refractivity contribution in [3.63, 3.8) is 0 Å². The first-order chi connectivity index (χ1) is 15.2. The number of allylic oxidation sites excluding steroid dienone is 4. The Balaban J connectivity index is 2.38. The molecular formula is C17H14F6N6O4. The molecule has 0 saturated carbocycles. The third-order valence-corrected chi connectivity index (χ3v) is 3.93. The normalized spacial score (nSPS) is 16.2. The lowest BCUT2D eigenvalue weighted by Gasteiger charge is -2.07. The zero-order valence-corrected chi connectivity index (χ0v) is 16.6. The number of H-pyrrole nitrogens is 1. The number of hydrazone groups is 1. The van der Waals surface area contributed by atoms with E-state index in [1.165, 1.54) is 0 Å². The molecule has 0 bridgehead atoms. The average molecular weight is 480 g/mol. The van der Waals surface area contributed by atoms with Gasteiger partial charge in [-0.3, -0.25) is 14.7 Å². The van der Waals surface area contributed by atoms with E-state index in [-0.39, 0.29) is 9.69 Å². The lowest BCUT2D eigenvalue weighted by Crippen LogP contribution is -2.36. The maximum Gasteiger partial charge on any atom is 0.435 e. The Bertz CT molecular complexity index is 1150. The van der Waals surface area contributed by atoms with E-state index < -0.39 is 58.4 Å². The fourth-order valence-electron chi connectivity index (χ4n) is 2.46. The van der Waals surface area contributed by atoms with Gasteiger partial charge < -0.3 is 10.6 Å². The summed E-state index contributed by atoms with van der Waals surface area (Å²) in [5.41, 5.74) is -6.44. The molecule has 0 atom stereocenters. The molecule has 2 rings (SSSR count). The van der Waals surface area contributed by atoms with Crippen molar-refractivity contribution >= 4 is 29.8 Å². The molecule has 0 fully saturated rings. The van der Waals surface area contributed by atoms with Crippen molar-refractivity contribution in [3.8, 4) is 0 Å². The topological polar surface area (TPSA) is 129 Å². The number of nitrogens with zero attached hydrogens (tertiary/aromatic N) is 3. The van der Waals surface area contributed by atoms with Crippen molar-refractivity contribution < 1.29 is 40.7 Å². The number of amides is 4. The lowest BCUT2D eigenvalue weighted by atomic mass is 10.1. The zero-order valence-electron chi connectivity index (χ0n) is 16.6. The van der Waals surface area contributed by atoms with Crippen LogP contribution < -0.4 is 16.2 Å². The van der Waals surface area contributed by atoms with Crippen LogP contribution in [0.15, 0.2) is 39.8 Å². The molecule has 0 aromatic carbocycles. The Hall–Kier alpha value is -4.11. The van der Waals surface area contributed by atoms with Gasteiger partial charge in [-0.15, -0.1) is 5.01 Å². The molecule has 1 aliphatic rings. The van der Waals surface area contributed by atoms with Gasteiger partial charge in [0.1, 0.15) is 5.69 Å². The van der Waals surface area contributed by atoms with Gasteiger partial charge in [0.25, 0.3) is 11.5 Å². The van der Waals surface area contributed by atoms with Gasteiger partial charge in [0, 0.05) is 14.1 Å². The second-order valence-corrected chi connectivity index (χ2v) is 6.04. The molecule has 0 radical (unpaired) electrons. The van der Waals surface area contributed by atoms with E-state index in [0.29, 0.717) is 12.2 Å². The highest BCUT2D eigenvalue weighted by molar-refractivity contribution is 6.29. The minimum Gasteiger partial charge on any atom is -0.339 e. The summed E-state index contributed by atoms with van der Waals surface area (Å²) >= 11 is 0. The summed E-state index contributed by atoms with van der Waals surface area (Å²) in [7, 11) is 2.15. The summed E-state index contributed by atoms with van der Waals surface area (Å²) in [6.07, 6.45) is -6.14. The summed E-state index contributed by atoms with van der Waals surface area (Å²) in [4.78, 5) is 47.2. The molecule has 1 aliphatic heterocycles. The number of alkyl halides is 6. The van der Waals surface area contributed by atoms with Crippen LogP contribution in [0.4, 0.5) is 35.9 Å². The third kappa shape index (κ3) is 5.21. The van der Waals surface area contributed by atoms with Crippen LogP contribution in [0.5, 0.6) is 0 Å². The molecule has 2 heterocycles. The van der Waals surface area contributed by atoms with Gasteiger partial charge >= 0.3 is 24.4 Å². The van der Waals surface area contributed by atoms with Crippen molar-refractivity contribution in [1.82, 2.24) is 25.4 Å². The Morgan fingerprint density at radius 2 is 1.55 bits per heavy atom. The third-order valence-electron chi connectivity index (χ3n) is 3.93. The number of hydrogen-bond acceptors (Lipinski definition) is 5. The van der Waals surface area contributed by atoms with Crippen LogP contribution in [0, 0.1) is 0 Å². The Labute approximate surface area is 179 Å². The molecule has 0 spiro atoms. The number of halogens is 6. The van der Waals surface area contributed by atoms with Crippen molar-refractivity contribution in [2.75, 3.05) is 14.1 Å². The molecule has 3 N–H and O–H groups in total. The van der Waals surface area contributed by atoms with Crippen LogP contribution in [-0.2, 0) is 11.0 Å². The molecule has 0 aliphatic carbocycles. The quantitative estimate of drug-likeness (QED) is 0.347. The molecule has 0 unspecified atom stereocenters. The van der Waals surface area contributed by atoms with E-state index in [2.05, 4.69) is 5.10 Å². The molecule has 0 saturated heterocycles. The fourth-order valence-corrected chi connectivity index (χ4v) is 2.46. The molecular weight excluding hydrogens is 466 g/mol. The summed E-state index contributed by atoms with van der Waals surface area (Å²) in [6.45, 7) is 0. The number of imide groups is 1. The van der Waals surface area contributed by atoms with Gasteiger partial charge in [-0.25, -0.2) is 9.59 Å². The summed E-state index contributed by atoms with van der Waals surface area (Å²) in [6, 6.07) is -2.38. The Kier molecular flexibility index (Phi) is 6.99. The second kappa shape index (κ2) is 9.17. The fraction of sp³-hybridized carbons (Fsp3) is 0.235. The molecule has 178 valence electrons. The second-order valence-electron chi connectivity index (χ2n) is 6.04. The van der Waals surface area contributed by atoms with Crippen LogP contribution in [0.25, 0.3) is 6.08 Å². The largest absolute Gasteiger partial charge is 0.435 e. The van der Waals surface area contributed by atoms with Gasteiger partial charge in [-0.1, -0.05) is 18.2 Å². The Morgan fingerprint density at radius 3 is 2.06 bits per heavy atom. The minimum absolute atomic E-state index is 0.0328. The first-order valence-corrected chi connectivity index (χ1v) is 8.65. The minimum atomic E-state index is -5.08. The van der Waals surface area contributed by atoms with Gasteiger partial charge in [-0.2, -0.15) is 36.1 Å². The predicted molar refractivity (Wildman–Crippen MR) is 101 cm³/mol. The van der Waals surface area contributed by atoms with Gasteiger partial charge in [0.15, 0.2) is 5.71 Å². The van der Waals surface area contributed by atoms with E-state index in [0.717, 1.165) is 32.3 Å². The number of hydrogen-bond donors (Lipinski definition) is 3. The Morgan fingerprint density at radius 1 is 0.939 bits per heavy atom. The van der Waals surface area contributed by atoms with E-state index in [4.69, 9.17) is 0 Å². The predicted octanol–water partition coefficient (Wildman–Crippen LogP) is 1.98. The highest BCUT2D eigenvalue weighted by Crippen LogP contribution is 2.30. The molecule has 16 heteroatoms. The van der Waals surface area contributed by atoms with E-state index >= 15 is 0 Å². The number of rotatable bonds is 3. The number of carbonyl (C=O) groups excluding carboxylic acids is 3. The smallest absolute Gasteiger partial charge is 0.339 e. The highest BCUT2D eigenvalue weighted by atomic mass is 19.4. The molecule has 1 aromatic heterocycles. The maximum atomic E-state index is 13.1. The van der Waals surface area contributed by atoms with Crippen LogP contribution in [0.3, 0.4) is 0 Å². The number of aromatic amines is 1. The highest BCUT2D eigenvalue weighted by Gasteiger charge is 2.47. The standard InChI is InChI=1S/C17H14F6N6O4/c1-24-14(32)28-12(30)8(10(26-28)16(18,19)20)6-4-3-5-7-9-11(17(21,22)23)27-29(13(9)31)15(33)25-2/h3-7,26H,1-2H3,(H,24,32)(H,25,33)/b5-3+,6-4+,9-7+. The maximum absolute atomic E-state index is 13.1. The van der Waals surface area contributed by atoms with E-state index in [1.807, 2.05) is 10.6 Å². The van der Waals surface area contributed by atoms with Crippen LogP contribution in [-0.4, -0.2) is 58.7 Å². The first kappa shape index (κ1) is 25.2. The van der Waals surface area contributed by atoms with Crippen molar-refractivity contribution in [2.24, 2.45) is 5.10 Å². The zero-order chi connectivity index (χ0) is 25.1. The molecule has 33 heavy (non-hydrogen) atoms. The number of nitrogens with one attached hydrogen (secondary N) is 3. The summed E-state index contributed by atoms with van der Waals surface area (Å²) in [5.74, 6) is -1.38. The lowest BCUT2D eigenvalue weighted by molar-refractivity contribution is -0.141. The molecule has 10 nitrogen and oxygen atoms in total. The van der Waals surface area contributed by atoms with Gasteiger partial charge in [-0.05, 0) is 12.2 Å². The first-order valence-electron chi connectivity index (χ1n) is 8.65. The van der Waals surface area contributed by atoms with Crippen molar-refractivity contribution in [3.05, 3.63) is 51.5 Å². The van der Waals surface area contributed by atoms with Gasteiger partial charge in [0.05, 0.1) is 11.1 Å². The summed E-state index contributed by atoms with van der Waals surface area (Å²) < 4.78 is 78.9.